The van der Waals surface area contributed by atoms with Crippen molar-refractivity contribution in [2.45, 2.75) is 32.4 Å². The number of rotatable bonds is 8. The van der Waals surface area contributed by atoms with Crippen LogP contribution in [-0.4, -0.2) is 41.7 Å². The molecular weight excluding hydrogens is 485 g/mol. The average Bonchev–Trinajstić information content (AvgIpc) is 3.53. The van der Waals surface area contributed by atoms with Gasteiger partial charge in [-0.1, -0.05) is 12.1 Å². The number of halogens is 1. The topological polar surface area (TPSA) is 113 Å². The van der Waals surface area contributed by atoms with E-state index in [0.717, 1.165) is 22.4 Å². The van der Waals surface area contributed by atoms with Crippen LogP contribution in [0.3, 0.4) is 0 Å². The highest BCUT2D eigenvalue weighted by atomic mass is 19.1. The molecule has 0 fully saturated rings. The molecule has 5 rings (SSSR count). The van der Waals surface area contributed by atoms with Crippen molar-refractivity contribution in [3.63, 3.8) is 0 Å². The molecule has 0 saturated heterocycles. The molecule has 9 nitrogen and oxygen atoms in total. The summed E-state index contributed by atoms with van der Waals surface area (Å²) in [6.45, 7) is 5.46. The second-order valence-corrected chi connectivity index (χ2v) is 9.65. The fraction of sp³-hybridized carbons (Fsp3) is 0.214. The van der Waals surface area contributed by atoms with Crippen LogP contribution in [0.1, 0.15) is 37.9 Å². The van der Waals surface area contributed by atoms with Crippen molar-refractivity contribution in [1.82, 2.24) is 24.4 Å². The summed E-state index contributed by atoms with van der Waals surface area (Å²) in [5.41, 5.74) is 3.41. The number of anilines is 1. The minimum Gasteiger partial charge on any atom is -0.489 e. The minimum absolute atomic E-state index is 0.0398. The normalized spacial score (nSPS) is 12.3. The Kier molecular flexibility index (Phi) is 6.53. The minimum atomic E-state index is -1.000. The molecular formula is C28H26FN7O2. The molecule has 10 heteroatoms. The number of fused-ring (bicyclic) bond motifs is 1. The Hall–Kier alpha value is -4.75. The van der Waals surface area contributed by atoms with E-state index in [1.165, 1.54) is 23.3 Å². The molecule has 0 spiro atoms. The van der Waals surface area contributed by atoms with Crippen LogP contribution < -0.4 is 10.1 Å². The number of aliphatic hydroxyl groups is 1. The summed E-state index contributed by atoms with van der Waals surface area (Å²) in [5, 5.41) is 31.3. The van der Waals surface area contributed by atoms with Gasteiger partial charge in [-0.2, -0.15) is 15.5 Å². The number of nitrogens with one attached hydrogen (secondary N) is 1. The predicted octanol–water partition coefficient (Wildman–Crippen LogP) is 4.92. The lowest BCUT2D eigenvalue weighted by Gasteiger charge is -2.18. The SMILES string of the molecule is C[C@H](Nc1ccc(-c2cc(OCC(C)(C)O)cn3ncc(C#N)c23)cn1)c1ccc(-n2cc(F)cn2)cc1. The lowest BCUT2D eigenvalue weighted by Crippen LogP contribution is -2.27. The summed E-state index contributed by atoms with van der Waals surface area (Å²) in [6, 6.07) is 15.4. The molecule has 4 heterocycles. The number of hydrogen-bond acceptors (Lipinski definition) is 7. The van der Waals surface area contributed by atoms with E-state index >= 15 is 0 Å². The average molecular weight is 512 g/mol. The lowest BCUT2D eigenvalue weighted by molar-refractivity contribution is 0.0283. The summed E-state index contributed by atoms with van der Waals surface area (Å²) in [5.74, 6) is 0.808. The van der Waals surface area contributed by atoms with Crippen molar-refractivity contribution in [3.8, 4) is 28.6 Å². The van der Waals surface area contributed by atoms with Gasteiger partial charge in [0.2, 0.25) is 0 Å². The zero-order chi connectivity index (χ0) is 26.9. The molecule has 4 aromatic heterocycles. The lowest BCUT2D eigenvalue weighted by atomic mass is 10.0. The van der Waals surface area contributed by atoms with E-state index in [0.29, 0.717) is 22.6 Å². The van der Waals surface area contributed by atoms with Gasteiger partial charge in [-0.05, 0) is 56.7 Å². The second kappa shape index (κ2) is 9.95. The van der Waals surface area contributed by atoms with Crippen LogP contribution >= 0.6 is 0 Å². The van der Waals surface area contributed by atoms with E-state index in [2.05, 4.69) is 26.6 Å². The molecule has 1 aromatic carbocycles. The van der Waals surface area contributed by atoms with Crippen LogP contribution in [0.15, 0.2) is 73.4 Å². The molecule has 38 heavy (non-hydrogen) atoms. The van der Waals surface area contributed by atoms with Crippen molar-refractivity contribution in [3.05, 3.63) is 90.4 Å². The van der Waals surface area contributed by atoms with Crippen LogP contribution in [0.25, 0.3) is 22.3 Å². The first kappa shape index (κ1) is 24.9. The second-order valence-electron chi connectivity index (χ2n) is 9.65. The molecule has 0 aliphatic carbocycles. The van der Waals surface area contributed by atoms with Gasteiger partial charge in [0.05, 0.1) is 47.2 Å². The molecule has 0 saturated carbocycles. The maximum absolute atomic E-state index is 13.3. The van der Waals surface area contributed by atoms with Gasteiger partial charge in [-0.15, -0.1) is 0 Å². The van der Waals surface area contributed by atoms with Gasteiger partial charge < -0.3 is 15.2 Å². The van der Waals surface area contributed by atoms with Gasteiger partial charge in [0, 0.05) is 23.4 Å². The van der Waals surface area contributed by atoms with Gasteiger partial charge in [0.1, 0.15) is 24.2 Å². The van der Waals surface area contributed by atoms with Crippen LogP contribution in [0.4, 0.5) is 10.2 Å². The van der Waals surface area contributed by atoms with E-state index in [9.17, 15) is 14.8 Å². The van der Waals surface area contributed by atoms with Crippen molar-refractivity contribution in [2.75, 3.05) is 11.9 Å². The Morgan fingerprint density at radius 3 is 2.53 bits per heavy atom. The Morgan fingerprint density at radius 1 is 1.11 bits per heavy atom. The highest BCUT2D eigenvalue weighted by Gasteiger charge is 2.17. The van der Waals surface area contributed by atoms with Crippen molar-refractivity contribution in [1.29, 1.82) is 5.26 Å². The first-order chi connectivity index (χ1) is 18.2. The molecule has 0 radical (unpaired) electrons. The predicted molar refractivity (Wildman–Crippen MR) is 140 cm³/mol. The zero-order valence-electron chi connectivity index (χ0n) is 21.1. The summed E-state index contributed by atoms with van der Waals surface area (Å²) < 4.78 is 22.1. The summed E-state index contributed by atoms with van der Waals surface area (Å²) in [4.78, 5) is 4.59. The quantitative estimate of drug-likeness (QED) is 0.304. The number of benzene rings is 1. The fourth-order valence-corrected chi connectivity index (χ4v) is 4.04. The third-order valence-electron chi connectivity index (χ3n) is 5.95. The maximum Gasteiger partial charge on any atom is 0.161 e. The zero-order valence-corrected chi connectivity index (χ0v) is 21.1. The van der Waals surface area contributed by atoms with Crippen molar-refractivity contribution >= 4 is 11.3 Å². The van der Waals surface area contributed by atoms with E-state index in [4.69, 9.17) is 4.74 Å². The van der Waals surface area contributed by atoms with E-state index in [1.807, 2.05) is 49.4 Å². The standard InChI is InChI=1S/C28H26FN7O2/c1-18(19-4-7-23(8-5-19)35-15-22(29)14-33-35)34-26-9-6-20(12-31-26)25-10-24(38-17-28(2,3)37)16-36-27(25)21(11-30)13-32-36/h4-10,12-16,18,37H,17H2,1-3H3,(H,31,34)/t18-/m0/s1. The van der Waals surface area contributed by atoms with Crippen molar-refractivity contribution < 1.29 is 14.2 Å². The Labute approximate surface area is 218 Å². The molecule has 1 atom stereocenters. The number of nitriles is 1. The molecule has 0 bridgehead atoms. The van der Waals surface area contributed by atoms with Crippen LogP contribution in [-0.2, 0) is 0 Å². The molecule has 5 aromatic rings. The summed E-state index contributed by atoms with van der Waals surface area (Å²) >= 11 is 0. The Bertz CT molecular complexity index is 1610. The number of ether oxygens (including phenoxy) is 1. The van der Waals surface area contributed by atoms with Gasteiger partial charge in [0.25, 0.3) is 0 Å². The van der Waals surface area contributed by atoms with Gasteiger partial charge in [-0.25, -0.2) is 18.6 Å². The third-order valence-corrected chi connectivity index (χ3v) is 5.95. The highest BCUT2D eigenvalue weighted by Crippen LogP contribution is 2.31. The summed E-state index contributed by atoms with van der Waals surface area (Å²) in [6.07, 6.45) is 7.43. The number of nitrogens with zero attached hydrogens (tertiary/aromatic N) is 6. The number of pyridine rings is 2. The van der Waals surface area contributed by atoms with Crippen molar-refractivity contribution in [2.24, 2.45) is 0 Å². The molecule has 0 unspecified atom stereocenters. The highest BCUT2D eigenvalue weighted by molar-refractivity contribution is 5.85. The fourth-order valence-electron chi connectivity index (χ4n) is 4.04. The first-order valence-electron chi connectivity index (χ1n) is 12.0. The maximum atomic E-state index is 13.3. The van der Waals surface area contributed by atoms with E-state index in [-0.39, 0.29) is 18.5 Å². The number of aromatic nitrogens is 5. The van der Waals surface area contributed by atoms with Gasteiger partial charge in [0.15, 0.2) is 5.82 Å². The van der Waals surface area contributed by atoms with Gasteiger partial charge >= 0.3 is 0 Å². The van der Waals surface area contributed by atoms with Gasteiger partial charge in [-0.3, -0.25) is 0 Å². The van der Waals surface area contributed by atoms with Crippen LogP contribution in [0.5, 0.6) is 5.75 Å². The third kappa shape index (κ3) is 5.33. The molecule has 0 amide bonds. The first-order valence-corrected chi connectivity index (χ1v) is 12.0. The van der Waals surface area contributed by atoms with Crippen LogP contribution in [0.2, 0.25) is 0 Å². The molecule has 2 N–H and O–H groups in total. The molecule has 0 aliphatic rings. The van der Waals surface area contributed by atoms with E-state index < -0.39 is 5.60 Å². The number of hydrogen-bond donors (Lipinski definition) is 2. The molecule has 0 aliphatic heterocycles. The Balaban J connectivity index is 1.37. The largest absolute Gasteiger partial charge is 0.489 e. The molecule has 192 valence electrons. The van der Waals surface area contributed by atoms with E-state index in [1.54, 1.807) is 30.8 Å². The smallest absolute Gasteiger partial charge is 0.161 e. The monoisotopic (exact) mass is 511 g/mol. The van der Waals surface area contributed by atoms with Crippen LogP contribution in [0, 0.1) is 17.1 Å². The Morgan fingerprint density at radius 2 is 1.89 bits per heavy atom. The summed E-state index contributed by atoms with van der Waals surface area (Å²) in [7, 11) is 0.